The summed E-state index contributed by atoms with van der Waals surface area (Å²) in [5, 5.41) is 14.5. The van der Waals surface area contributed by atoms with Gasteiger partial charge in [-0.3, -0.25) is 9.79 Å². The van der Waals surface area contributed by atoms with Gasteiger partial charge in [-0.1, -0.05) is 6.92 Å². The van der Waals surface area contributed by atoms with Crippen molar-refractivity contribution in [2.45, 2.75) is 71.6 Å². The van der Waals surface area contributed by atoms with Gasteiger partial charge < -0.3 is 24.8 Å². The van der Waals surface area contributed by atoms with Gasteiger partial charge in [-0.15, -0.1) is 34.2 Å². The fourth-order valence-electron chi connectivity index (χ4n) is 3.23. The van der Waals surface area contributed by atoms with Crippen LogP contribution in [0.4, 0.5) is 0 Å². The molecule has 10 heteroatoms. The highest BCUT2D eigenvalue weighted by Crippen LogP contribution is 2.12. The minimum atomic E-state index is -0.260. The van der Waals surface area contributed by atoms with Gasteiger partial charge in [-0.05, 0) is 40.0 Å². The van der Waals surface area contributed by atoms with Crippen LogP contribution in [0.25, 0.3) is 0 Å². The van der Waals surface area contributed by atoms with Crippen molar-refractivity contribution in [3.8, 4) is 0 Å². The Morgan fingerprint density at radius 2 is 2.17 bits per heavy atom. The predicted molar refractivity (Wildman–Crippen MR) is 129 cm³/mol. The summed E-state index contributed by atoms with van der Waals surface area (Å²) in [4.78, 5) is 18.9. The van der Waals surface area contributed by atoms with Crippen molar-refractivity contribution < 1.29 is 9.53 Å². The molecule has 0 spiro atoms. The Morgan fingerprint density at radius 1 is 1.40 bits per heavy atom. The number of aryl methyl sites for hydroxylation is 1. The summed E-state index contributed by atoms with van der Waals surface area (Å²) >= 11 is 0. The third-order valence-corrected chi connectivity index (χ3v) is 4.62. The highest BCUT2D eigenvalue weighted by molar-refractivity contribution is 14.0. The first-order valence-corrected chi connectivity index (χ1v) is 10.6. The molecule has 172 valence electrons. The molecule has 0 aliphatic carbocycles. The predicted octanol–water partition coefficient (Wildman–Crippen LogP) is 1.82. The van der Waals surface area contributed by atoms with Crippen molar-refractivity contribution in [3.63, 3.8) is 0 Å². The Morgan fingerprint density at radius 3 is 2.80 bits per heavy atom. The largest absolute Gasteiger partial charge is 0.376 e. The van der Waals surface area contributed by atoms with Crippen LogP contribution in [0, 0.1) is 0 Å². The summed E-state index contributed by atoms with van der Waals surface area (Å²) in [6.07, 6.45) is 6.07. The number of carbonyl (C=O) groups is 1. The van der Waals surface area contributed by atoms with E-state index in [9.17, 15) is 4.79 Å². The molecule has 1 aromatic heterocycles. The van der Waals surface area contributed by atoms with Gasteiger partial charge in [0.15, 0.2) is 5.96 Å². The molecule has 1 aliphatic rings. The molecule has 1 saturated heterocycles. The standard InChI is InChI=1S/C20H37N7O2.HI/c1-6-17-25-23-15-27(17)11-10-21-19(22-13-16-9-7-8-12-29-16)26(5)14-18(28)24-20(2,3)4;/h15-16H,6-14H2,1-5H3,(H,21,22)(H,24,28);1H. The molecule has 1 fully saturated rings. The molecule has 1 aromatic rings. The molecule has 1 aliphatic heterocycles. The second kappa shape index (κ2) is 13.1. The number of likely N-dealkylation sites (N-methyl/N-ethyl adjacent to an activating group) is 1. The molecule has 2 heterocycles. The van der Waals surface area contributed by atoms with Crippen LogP contribution >= 0.6 is 24.0 Å². The number of nitrogens with one attached hydrogen (secondary N) is 2. The van der Waals surface area contributed by atoms with E-state index in [1.165, 1.54) is 6.42 Å². The van der Waals surface area contributed by atoms with Crippen LogP contribution in [0.15, 0.2) is 11.3 Å². The molecule has 0 radical (unpaired) electrons. The quantitative estimate of drug-likeness (QED) is 0.300. The van der Waals surface area contributed by atoms with Gasteiger partial charge in [0.25, 0.3) is 0 Å². The Kier molecular flexibility index (Phi) is 11.6. The van der Waals surface area contributed by atoms with Crippen LogP contribution in [0.2, 0.25) is 0 Å². The zero-order chi connectivity index (χ0) is 21.3. The van der Waals surface area contributed by atoms with Crippen LogP contribution in [-0.2, 0) is 22.5 Å². The summed E-state index contributed by atoms with van der Waals surface area (Å²) in [6.45, 7) is 11.0. The fraction of sp³-hybridized carbons (Fsp3) is 0.800. The Balaban J connectivity index is 0.00000450. The first-order valence-electron chi connectivity index (χ1n) is 10.6. The van der Waals surface area contributed by atoms with Crippen molar-refractivity contribution in [3.05, 3.63) is 12.2 Å². The minimum absolute atomic E-state index is 0. The van der Waals surface area contributed by atoms with Gasteiger partial charge in [-0.2, -0.15) is 0 Å². The van der Waals surface area contributed by atoms with Crippen LogP contribution in [0.1, 0.15) is 52.8 Å². The van der Waals surface area contributed by atoms with Crippen molar-refractivity contribution >= 4 is 35.8 Å². The van der Waals surface area contributed by atoms with E-state index in [2.05, 4.69) is 27.8 Å². The molecule has 1 unspecified atom stereocenters. The van der Waals surface area contributed by atoms with E-state index < -0.39 is 0 Å². The van der Waals surface area contributed by atoms with Gasteiger partial charge >= 0.3 is 0 Å². The van der Waals surface area contributed by atoms with Crippen molar-refractivity contribution in [1.82, 2.24) is 30.3 Å². The van der Waals surface area contributed by atoms with Gasteiger partial charge in [-0.25, -0.2) is 0 Å². The third-order valence-electron chi connectivity index (χ3n) is 4.62. The molecule has 30 heavy (non-hydrogen) atoms. The van der Waals surface area contributed by atoms with E-state index in [4.69, 9.17) is 9.73 Å². The SMILES string of the molecule is CCc1nncn1CCNC(=NCC1CCCCO1)N(C)CC(=O)NC(C)(C)C.I. The second-order valence-corrected chi connectivity index (χ2v) is 8.53. The monoisotopic (exact) mass is 535 g/mol. The third kappa shape index (κ3) is 9.59. The maximum atomic E-state index is 12.3. The average molecular weight is 535 g/mol. The zero-order valence-corrected chi connectivity index (χ0v) is 21.3. The lowest BCUT2D eigenvalue weighted by Crippen LogP contribution is -2.49. The molecular weight excluding hydrogens is 497 g/mol. The lowest BCUT2D eigenvalue weighted by Gasteiger charge is -2.26. The number of aromatic nitrogens is 3. The summed E-state index contributed by atoms with van der Waals surface area (Å²) in [5.41, 5.74) is -0.260. The molecular formula is C20H38IN7O2. The minimum Gasteiger partial charge on any atom is -0.376 e. The Hall–Kier alpha value is -1.43. The van der Waals surface area contributed by atoms with Gasteiger partial charge in [0.1, 0.15) is 12.2 Å². The lowest BCUT2D eigenvalue weighted by molar-refractivity contribution is -0.122. The number of nitrogens with zero attached hydrogens (tertiary/aromatic N) is 5. The maximum Gasteiger partial charge on any atom is 0.240 e. The highest BCUT2D eigenvalue weighted by atomic mass is 127. The first kappa shape index (κ1) is 26.6. The first-order chi connectivity index (χ1) is 13.8. The molecule has 1 atom stereocenters. The maximum absolute atomic E-state index is 12.3. The molecule has 0 aromatic carbocycles. The van der Waals surface area contributed by atoms with E-state index in [-0.39, 0.29) is 48.1 Å². The van der Waals surface area contributed by atoms with Gasteiger partial charge in [0.05, 0.1) is 19.2 Å². The van der Waals surface area contributed by atoms with Crippen LogP contribution in [0.3, 0.4) is 0 Å². The van der Waals surface area contributed by atoms with Gasteiger partial charge in [0, 0.05) is 38.7 Å². The number of hydrogen-bond acceptors (Lipinski definition) is 5. The molecule has 9 nitrogen and oxygen atoms in total. The average Bonchev–Trinajstić information content (AvgIpc) is 3.11. The van der Waals surface area contributed by atoms with E-state index in [0.29, 0.717) is 19.0 Å². The normalized spacial score (nSPS) is 17.2. The number of ether oxygens (including phenoxy) is 1. The van der Waals surface area contributed by atoms with Gasteiger partial charge in [0.2, 0.25) is 5.91 Å². The summed E-state index contributed by atoms with van der Waals surface area (Å²) < 4.78 is 7.82. The van der Waals surface area contributed by atoms with Crippen LogP contribution in [-0.4, -0.2) is 76.5 Å². The van der Waals surface area contributed by atoms with Crippen molar-refractivity contribution in [2.24, 2.45) is 4.99 Å². The second-order valence-electron chi connectivity index (χ2n) is 8.53. The number of rotatable bonds is 8. The number of halogens is 1. The Labute approximate surface area is 197 Å². The Bertz CT molecular complexity index is 666. The van der Waals surface area contributed by atoms with E-state index in [1.807, 2.05) is 37.3 Å². The highest BCUT2D eigenvalue weighted by Gasteiger charge is 2.18. The van der Waals surface area contributed by atoms with Crippen LogP contribution in [0.5, 0.6) is 0 Å². The lowest BCUT2D eigenvalue weighted by atomic mass is 10.1. The smallest absolute Gasteiger partial charge is 0.240 e. The van der Waals surface area contributed by atoms with E-state index >= 15 is 0 Å². The summed E-state index contributed by atoms with van der Waals surface area (Å²) in [7, 11) is 1.88. The topological polar surface area (TPSA) is 96.7 Å². The molecule has 0 bridgehead atoms. The van der Waals surface area contributed by atoms with E-state index in [0.717, 1.165) is 38.2 Å². The zero-order valence-electron chi connectivity index (χ0n) is 19.0. The van der Waals surface area contributed by atoms with Crippen molar-refractivity contribution in [1.29, 1.82) is 0 Å². The molecule has 1 amide bonds. The van der Waals surface area contributed by atoms with E-state index in [1.54, 1.807) is 6.33 Å². The fourth-order valence-corrected chi connectivity index (χ4v) is 3.23. The summed E-state index contributed by atoms with van der Waals surface area (Å²) in [5.74, 6) is 1.63. The van der Waals surface area contributed by atoms with Crippen LogP contribution < -0.4 is 10.6 Å². The summed E-state index contributed by atoms with van der Waals surface area (Å²) in [6, 6.07) is 0. The van der Waals surface area contributed by atoms with Crippen molar-refractivity contribution in [2.75, 3.05) is 33.3 Å². The number of aliphatic imine (C=N–C) groups is 1. The number of amides is 1. The number of carbonyl (C=O) groups excluding carboxylic acids is 1. The number of hydrogen-bond donors (Lipinski definition) is 2. The molecule has 0 saturated carbocycles. The molecule has 2 N–H and O–H groups in total. The molecule has 2 rings (SSSR count). The number of guanidine groups is 1.